The Labute approximate surface area is 124 Å². The van der Waals surface area contributed by atoms with Gasteiger partial charge in [0.1, 0.15) is 0 Å². The number of nitrogens with two attached hydrogens (primary N) is 1. The van der Waals surface area contributed by atoms with Crippen molar-refractivity contribution in [3.8, 4) is 0 Å². The van der Waals surface area contributed by atoms with Gasteiger partial charge in [-0.25, -0.2) is 0 Å². The molecule has 0 spiro atoms. The minimum absolute atomic E-state index is 0.773. The first-order valence-electron chi connectivity index (χ1n) is 9.25. The second-order valence-electron chi connectivity index (χ2n) is 8.47. The molecule has 0 aromatic carbocycles. The lowest BCUT2D eigenvalue weighted by molar-refractivity contribution is -0.0368. The van der Waals surface area contributed by atoms with Crippen LogP contribution in [0.15, 0.2) is 0 Å². The third kappa shape index (κ3) is 2.54. The highest BCUT2D eigenvalue weighted by Crippen LogP contribution is 2.56. The van der Waals surface area contributed by atoms with Crippen LogP contribution < -0.4 is 11.1 Å². The van der Waals surface area contributed by atoms with Crippen LogP contribution >= 0.6 is 0 Å². The summed E-state index contributed by atoms with van der Waals surface area (Å²) in [7, 11) is 0. The zero-order valence-corrected chi connectivity index (χ0v) is 12.9. The monoisotopic (exact) mass is 276 g/mol. The van der Waals surface area contributed by atoms with Crippen LogP contribution in [0.3, 0.4) is 0 Å². The zero-order valence-electron chi connectivity index (χ0n) is 12.9. The zero-order chi connectivity index (χ0) is 13.5. The summed E-state index contributed by atoms with van der Waals surface area (Å²) in [6, 6.07) is 0.773. The molecular formula is C18H32N2. The van der Waals surface area contributed by atoms with Crippen molar-refractivity contribution in [2.24, 2.45) is 41.2 Å². The Morgan fingerprint density at radius 2 is 1.55 bits per heavy atom. The summed E-state index contributed by atoms with van der Waals surface area (Å²) >= 11 is 0. The highest BCUT2D eigenvalue weighted by molar-refractivity contribution is 4.99. The SMILES string of the molecule is NCC1CCCC(NCC2C3CC4CC(C3)CC2C4)C1. The Hall–Kier alpha value is -0.0800. The van der Waals surface area contributed by atoms with E-state index in [0.29, 0.717) is 0 Å². The maximum absolute atomic E-state index is 5.87. The molecule has 0 heterocycles. The Kier molecular flexibility index (Phi) is 3.80. The summed E-state index contributed by atoms with van der Waals surface area (Å²) < 4.78 is 0. The van der Waals surface area contributed by atoms with Crippen LogP contribution in [0.4, 0.5) is 0 Å². The van der Waals surface area contributed by atoms with Crippen LogP contribution in [0.25, 0.3) is 0 Å². The second kappa shape index (κ2) is 5.61. The molecule has 0 aliphatic heterocycles. The first kappa shape index (κ1) is 13.6. The van der Waals surface area contributed by atoms with E-state index in [1.807, 2.05) is 0 Å². The first-order chi connectivity index (χ1) is 9.81. The Morgan fingerprint density at radius 3 is 2.20 bits per heavy atom. The van der Waals surface area contributed by atoms with Gasteiger partial charge < -0.3 is 11.1 Å². The average Bonchev–Trinajstić information content (AvgIpc) is 2.46. The minimum Gasteiger partial charge on any atom is -0.330 e. The maximum Gasteiger partial charge on any atom is 0.00702 e. The highest BCUT2D eigenvalue weighted by Gasteiger charge is 2.47. The van der Waals surface area contributed by atoms with Gasteiger partial charge in [0, 0.05) is 6.04 Å². The standard InChI is InChI=1S/C18H32N2/c19-10-12-2-1-3-17(9-12)20-11-18-15-5-13-4-14(7-15)8-16(18)6-13/h12-18,20H,1-11,19H2. The first-order valence-corrected chi connectivity index (χ1v) is 9.25. The van der Waals surface area contributed by atoms with Gasteiger partial charge in [-0.1, -0.05) is 6.42 Å². The van der Waals surface area contributed by atoms with Crippen molar-refractivity contribution in [1.29, 1.82) is 0 Å². The van der Waals surface area contributed by atoms with E-state index in [-0.39, 0.29) is 0 Å². The van der Waals surface area contributed by atoms with Gasteiger partial charge in [-0.3, -0.25) is 0 Å². The van der Waals surface area contributed by atoms with E-state index in [9.17, 15) is 0 Å². The summed E-state index contributed by atoms with van der Waals surface area (Å²) in [5, 5.41) is 3.96. The molecule has 2 nitrogen and oxygen atoms in total. The van der Waals surface area contributed by atoms with Gasteiger partial charge in [-0.2, -0.15) is 0 Å². The highest BCUT2D eigenvalue weighted by atomic mass is 14.9. The van der Waals surface area contributed by atoms with Crippen LogP contribution in [0, 0.1) is 35.5 Å². The summed E-state index contributed by atoms with van der Waals surface area (Å²) in [4.78, 5) is 0. The largest absolute Gasteiger partial charge is 0.330 e. The number of hydrogen-bond acceptors (Lipinski definition) is 2. The molecule has 4 bridgehead atoms. The molecule has 0 saturated heterocycles. The van der Waals surface area contributed by atoms with E-state index in [1.54, 1.807) is 32.1 Å². The van der Waals surface area contributed by atoms with Gasteiger partial charge in [0.05, 0.1) is 0 Å². The quantitative estimate of drug-likeness (QED) is 0.827. The summed E-state index contributed by atoms with van der Waals surface area (Å²) in [6.07, 6.45) is 13.3. The van der Waals surface area contributed by atoms with E-state index in [0.717, 1.165) is 48.1 Å². The predicted octanol–water partition coefficient (Wildman–Crippen LogP) is 3.17. The summed E-state index contributed by atoms with van der Waals surface area (Å²) in [5.74, 6) is 6.19. The molecule has 2 heteroatoms. The molecule has 5 rings (SSSR count). The van der Waals surface area contributed by atoms with E-state index in [2.05, 4.69) is 5.32 Å². The molecule has 5 aliphatic carbocycles. The molecule has 114 valence electrons. The molecule has 5 aliphatic rings. The summed E-state index contributed by atoms with van der Waals surface area (Å²) in [6.45, 7) is 2.22. The third-order valence-corrected chi connectivity index (χ3v) is 7.18. The van der Waals surface area contributed by atoms with Gasteiger partial charge in [-0.05, 0) is 100.0 Å². The van der Waals surface area contributed by atoms with Crippen molar-refractivity contribution in [2.75, 3.05) is 13.1 Å². The van der Waals surface area contributed by atoms with Crippen LogP contribution in [0.2, 0.25) is 0 Å². The van der Waals surface area contributed by atoms with Gasteiger partial charge in [-0.15, -0.1) is 0 Å². The average molecular weight is 276 g/mol. The lowest BCUT2D eigenvalue weighted by Crippen LogP contribution is -2.50. The van der Waals surface area contributed by atoms with E-state index >= 15 is 0 Å². The fourth-order valence-electron chi connectivity index (χ4n) is 6.36. The lowest BCUT2D eigenvalue weighted by atomic mass is 9.52. The molecule has 2 unspecified atom stereocenters. The fourth-order valence-corrected chi connectivity index (χ4v) is 6.36. The molecule has 3 N–H and O–H groups in total. The Morgan fingerprint density at radius 1 is 0.850 bits per heavy atom. The smallest absolute Gasteiger partial charge is 0.00702 e. The molecule has 0 aromatic heterocycles. The molecule has 0 aromatic rings. The van der Waals surface area contributed by atoms with Gasteiger partial charge >= 0.3 is 0 Å². The fraction of sp³-hybridized carbons (Fsp3) is 1.00. The third-order valence-electron chi connectivity index (χ3n) is 7.18. The van der Waals surface area contributed by atoms with E-state index in [4.69, 9.17) is 5.73 Å². The molecule has 0 amide bonds. The Balaban J connectivity index is 1.31. The van der Waals surface area contributed by atoms with Crippen molar-refractivity contribution >= 4 is 0 Å². The van der Waals surface area contributed by atoms with Crippen molar-refractivity contribution in [3.63, 3.8) is 0 Å². The molecule has 2 atom stereocenters. The van der Waals surface area contributed by atoms with Crippen molar-refractivity contribution in [1.82, 2.24) is 5.32 Å². The molecule has 5 saturated carbocycles. The van der Waals surface area contributed by atoms with Crippen molar-refractivity contribution in [3.05, 3.63) is 0 Å². The van der Waals surface area contributed by atoms with Crippen LogP contribution in [-0.2, 0) is 0 Å². The molecule has 0 radical (unpaired) electrons. The van der Waals surface area contributed by atoms with Crippen LogP contribution in [0.1, 0.15) is 57.8 Å². The maximum atomic E-state index is 5.87. The number of hydrogen-bond donors (Lipinski definition) is 2. The van der Waals surface area contributed by atoms with E-state index < -0.39 is 0 Å². The topological polar surface area (TPSA) is 38.0 Å². The summed E-state index contributed by atoms with van der Waals surface area (Å²) in [5.41, 5.74) is 5.87. The van der Waals surface area contributed by atoms with Crippen molar-refractivity contribution < 1.29 is 0 Å². The minimum atomic E-state index is 0.773. The Bertz CT molecular complexity index is 312. The lowest BCUT2D eigenvalue weighted by Gasteiger charge is -2.54. The van der Waals surface area contributed by atoms with Gasteiger partial charge in [0.15, 0.2) is 0 Å². The number of rotatable bonds is 4. The van der Waals surface area contributed by atoms with Gasteiger partial charge in [0.25, 0.3) is 0 Å². The normalized spacial score (nSPS) is 50.5. The van der Waals surface area contributed by atoms with Crippen molar-refractivity contribution in [2.45, 2.75) is 63.8 Å². The van der Waals surface area contributed by atoms with E-state index in [1.165, 1.54) is 32.2 Å². The van der Waals surface area contributed by atoms with Crippen LogP contribution in [-0.4, -0.2) is 19.1 Å². The molecule has 5 fully saturated rings. The predicted molar refractivity (Wildman–Crippen MR) is 83.3 cm³/mol. The van der Waals surface area contributed by atoms with Crippen LogP contribution in [0.5, 0.6) is 0 Å². The second-order valence-corrected chi connectivity index (χ2v) is 8.47. The molecule has 20 heavy (non-hydrogen) atoms. The van der Waals surface area contributed by atoms with Gasteiger partial charge in [0.2, 0.25) is 0 Å². The molecular weight excluding hydrogens is 244 g/mol. The number of nitrogens with one attached hydrogen (secondary N) is 1.